The van der Waals surface area contributed by atoms with Crippen LogP contribution in [-0.4, -0.2) is 51.0 Å². The Kier molecular flexibility index (Phi) is 5.78. The number of allylic oxidation sites excluding steroid dienone is 1. The number of carboxylic acids is 1. The molecule has 0 unspecified atom stereocenters. The Morgan fingerprint density at radius 1 is 0.972 bits per heavy atom. The SMILES string of the molecule is C[C@@H]1CC[C@]2(C(=O)O)CC[C@]3(C)C(=CC[C@@H]4[C@@]5(C)CCC(=O)C(CO)(CO)[C@@H]5CC[C@]43C)[C@@H]2[C@]1(C)O. The lowest BCUT2D eigenvalue weighted by atomic mass is 9.33. The molecule has 0 heterocycles. The summed E-state index contributed by atoms with van der Waals surface area (Å²) in [6, 6.07) is 0. The van der Waals surface area contributed by atoms with Crippen molar-refractivity contribution in [3.05, 3.63) is 11.6 Å². The van der Waals surface area contributed by atoms with E-state index in [1.54, 1.807) is 0 Å². The first-order chi connectivity index (χ1) is 16.7. The molecule has 0 radical (unpaired) electrons. The van der Waals surface area contributed by atoms with Gasteiger partial charge in [-0.25, -0.2) is 0 Å². The smallest absolute Gasteiger partial charge is 0.310 e. The van der Waals surface area contributed by atoms with Crippen LogP contribution >= 0.6 is 0 Å². The standard InChI is InChI=1S/C30H46O6/c1-18-8-13-29(24(34)35)15-14-26(3)19(23(29)28(18,5)36)6-7-20-25(2)11-10-22(33)30(16-31,17-32)21(25)9-12-27(20,26)4/h6,18,20-21,23,31-32,36H,7-17H2,1-5H3,(H,34,35)/t18-,20-,21-,23-,25-,26-,27-,28-,29+/m1/s1. The Morgan fingerprint density at radius 2 is 1.64 bits per heavy atom. The van der Waals surface area contributed by atoms with E-state index in [0.717, 1.165) is 44.1 Å². The van der Waals surface area contributed by atoms with Gasteiger partial charge in [-0.2, -0.15) is 0 Å². The molecule has 202 valence electrons. The minimum absolute atomic E-state index is 0.00650. The summed E-state index contributed by atoms with van der Waals surface area (Å²) in [6.45, 7) is 10.3. The summed E-state index contributed by atoms with van der Waals surface area (Å²) in [7, 11) is 0. The molecule has 9 atom stereocenters. The summed E-state index contributed by atoms with van der Waals surface area (Å²) in [5.74, 6) is -0.977. The van der Waals surface area contributed by atoms with Crippen molar-refractivity contribution in [1.29, 1.82) is 0 Å². The highest BCUT2D eigenvalue weighted by Crippen LogP contribution is 2.75. The quantitative estimate of drug-likeness (QED) is 0.426. The normalized spacial score (nSPS) is 51.8. The molecule has 4 fully saturated rings. The minimum atomic E-state index is -1.09. The van der Waals surface area contributed by atoms with Crippen LogP contribution in [0.1, 0.15) is 92.4 Å². The first kappa shape index (κ1) is 26.4. The highest BCUT2D eigenvalue weighted by Gasteiger charge is 2.72. The molecule has 5 aliphatic rings. The van der Waals surface area contributed by atoms with E-state index < -0.39 is 28.3 Å². The molecule has 5 rings (SSSR count). The van der Waals surface area contributed by atoms with Crippen LogP contribution in [0.3, 0.4) is 0 Å². The Bertz CT molecular complexity index is 995. The zero-order valence-corrected chi connectivity index (χ0v) is 22.8. The molecule has 0 bridgehead atoms. The topological polar surface area (TPSA) is 115 Å². The molecule has 0 spiro atoms. The highest BCUT2D eigenvalue weighted by atomic mass is 16.4. The summed E-state index contributed by atoms with van der Waals surface area (Å²) in [5, 5.41) is 43.2. The number of aliphatic hydroxyl groups excluding tert-OH is 2. The molecule has 6 nitrogen and oxygen atoms in total. The average molecular weight is 503 g/mol. The van der Waals surface area contributed by atoms with Crippen LogP contribution in [0.25, 0.3) is 0 Å². The van der Waals surface area contributed by atoms with Gasteiger partial charge in [0, 0.05) is 12.3 Å². The number of fused-ring (bicyclic) bond motifs is 7. The molecule has 0 aromatic rings. The largest absolute Gasteiger partial charge is 0.481 e. The number of aliphatic hydroxyl groups is 3. The molecular weight excluding hydrogens is 456 g/mol. The van der Waals surface area contributed by atoms with E-state index in [0.29, 0.717) is 19.3 Å². The van der Waals surface area contributed by atoms with E-state index in [9.17, 15) is 30.0 Å². The van der Waals surface area contributed by atoms with Gasteiger partial charge in [-0.05, 0) is 92.3 Å². The van der Waals surface area contributed by atoms with E-state index in [2.05, 4.69) is 33.8 Å². The third kappa shape index (κ3) is 2.85. The number of ketones is 1. The van der Waals surface area contributed by atoms with Gasteiger partial charge in [-0.1, -0.05) is 39.3 Å². The lowest BCUT2D eigenvalue weighted by Gasteiger charge is -2.71. The van der Waals surface area contributed by atoms with Crippen LogP contribution in [0.15, 0.2) is 11.6 Å². The van der Waals surface area contributed by atoms with E-state index in [1.165, 1.54) is 0 Å². The number of carbonyl (C=O) groups is 2. The summed E-state index contributed by atoms with van der Waals surface area (Å²) in [4.78, 5) is 25.9. The van der Waals surface area contributed by atoms with E-state index in [4.69, 9.17) is 0 Å². The number of rotatable bonds is 3. The lowest BCUT2D eigenvalue weighted by Crippen LogP contribution is -2.68. The highest BCUT2D eigenvalue weighted by molar-refractivity contribution is 5.86. The predicted molar refractivity (Wildman–Crippen MR) is 136 cm³/mol. The van der Waals surface area contributed by atoms with Crippen LogP contribution in [0, 0.1) is 50.7 Å². The molecule has 6 heteroatoms. The Balaban J connectivity index is 1.64. The third-order valence-corrected chi connectivity index (χ3v) is 13.4. The van der Waals surface area contributed by atoms with Gasteiger partial charge in [0.2, 0.25) is 0 Å². The van der Waals surface area contributed by atoms with Gasteiger partial charge < -0.3 is 20.4 Å². The van der Waals surface area contributed by atoms with E-state index in [-0.39, 0.29) is 53.0 Å². The van der Waals surface area contributed by atoms with Crippen molar-refractivity contribution in [3.8, 4) is 0 Å². The first-order valence-electron chi connectivity index (χ1n) is 14.1. The number of hydrogen-bond donors (Lipinski definition) is 4. The van der Waals surface area contributed by atoms with Gasteiger partial charge in [0.1, 0.15) is 5.78 Å². The fourth-order valence-electron chi connectivity index (χ4n) is 10.8. The zero-order chi connectivity index (χ0) is 26.5. The van der Waals surface area contributed by atoms with Crippen LogP contribution in [0.2, 0.25) is 0 Å². The number of carbonyl (C=O) groups excluding carboxylic acids is 1. The molecule has 0 aromatic heterocycles. The Morgan fingerprint density at radius 3 is 2.25 bits per heavy atom. The van der Waals surface area contributed by atoms with Gasteiger partial charge >= 0.3 is 5.97 Å². The average Bonchev–Trinajstić information content (AvgIpc) is 2.82. The summed E-state index contributed by atoms with van der Waals surface area (Å²) in [6.07, 6.45) is 8.52. The second-order valence-corrected chi connectivity index (χ2v) is 14.2. The molecule has 4 N–H and O–H groups in total. The summed E-state index contributed by atoms with van der Waals surface area (Å²) < 4.78 is 0. The minimum Gasteiger partial charge on any atom is -0.481 e. The van der Waals surface area contributed by atoms with Crippen molar-refractivity contribution in [3.63, 3.8) is 0 Å². The molecular formula is C30H46O6. The zero-order valence-electron chi connectivity index (χ0n) is 22.8. The summed E-state index contributed by atoms with van der Waals surface area (Å²) >= 11 is 0. The molecule has 36 heavy (non-hydrogen) atoms. The maximum atomic E-state index is 13.0. The second-order valence-electron chi connectivity index (χ2n) is 14.2. The maximum Gasteiger partial charge on any atom is 0.310 e. The van der Waals surface area contributed by atoms with Crippen LogP contribution < -0.4 is 0 Å². The van der Waals surface area contributed by atoms with Crippen molar-refractivity contribution >= 4 is 11.8 Å². The van der Waals surface area contributed by atoms with Gasteiger partial charge in [0.15, 0.2) is 0 Å². The van der Waals surface area contributed by atoms with E-state index in [1.807, 2.05) is 6.92 Å². The fourth-order valence-corrected chi connectivity index (χ4v) is 10.8. The van der Waals surface area contributed by atoms with Crippen LogP contribution in [0.5, 0.6) is 0 Å². The maximum absolute atomic E-state index is 13.0. The fraction of sp³-hybridized carbons (Fsp3) is 0.867. The predicted octanol–water partition coefficient (Wildman–Crippen LogP) is 4.36. The molecule has 0 saturated heterocycles. The van der Waals surface area contributed by atoms with Crippen molar-refractivity contribution in [2.75, 3.05) is 13.2 Å². The third-order valence-electron chi connectivity index (χ3n) is 13.4. The molecule has 0 aliphatic heterocycles. The number of carboxylic acid groups (broad SMARTS) is 1. The number of aliphatic carboxylic acids is 1. The molecule has 0 aromatic carbocycles. The summed E-state index contributed by atoms with van der Waals surface area (Å²) in [5.41, 5.74) is -2.53. The van der Waals surface area contributed by atoms with Crippen LogP contribution in [-0.2, 0) is 9.59 Å². The Labute approximate surface area is 215 Å². The van der Waals surface area contributed by atoms with Gasteiger partial charge in [-0.3, -0.25) is 9.59 Å². The number of Topliss-reactive ketones (excluding diaryl/α,β-unsaturated/α-hetero) is 1. The molecule has 4 saturated carbocycles. The second kappa shape index (κ2) is 7.89. The van der Waals surface area contributed by atoms with E-state index >= 15 is 0 Å². The van der Waals surface area contributed by atoms with Gasteiger partial charge in [0.05, 0.1) is 29.6 Å². The van der Waals surface area contributed by atoms with Crippen molar-refractivity contribution in [2.24, 2.45) is 50.7 Å². The first-order valence-corrected chi connectivity index (χ1v) is 14.1. The molecule has 0 amide bonds. The Hall–Kier alpha value is -1.24. The lowest BCUT2D eigenvalue weighted by molar-refractivity contribution is -0.213. The van der Waals surface area contributed by atoms with Crippen molar-refractivity contribution < 1.29 is 30.0 Å². The number of hydrogen-bond acceptors (Lipinski definition) is 5. The van der Waals surface area contributed by atoms with Crippen molar-refractivity contribution in [1.82, 2.24) is 0 Å². The van der Waals surface area contributed by atoms with Crippen LogP contribution in [0.4, 0.5) is 0 Å². The monoisotopic (exact) mass is 502 g/mol. The van der Waals surface area contributed by atoms with Crippen molar-refractivity contribution in [2.45, 2.75) is 98.0 Å². The van der Waals surface area contributed by atoms with Gasteiger partial charge in [0.25, 0.3) is 0 Å². The van der Waals surface area contributed by atoms with Gasteiger partial charge in [-0.15, -0.1) is 0 Å². The molecule has 5 aliphatic carbocycles.